The zero-order chi connectivity index (χ0) is 8.69. The molecule has 0 aliphatic heterocycles. The van der Waals surface area contributed by atoms with Gasteiger partial charge in [-0.1, -0.05) is 6.58 Å². The normalized spacial score (nSPS) is 8.91. The van der Waals surface area contributed by atoms with Crippen LogP contribution in [0.25, 0.3) is 0 Å². The third-order valence-electron chi connectivity index (χ3n) is 1.35. The lowest BCUT2D eigenvalue weighted by atomic mass is 10.2. The first-order valence-electron chi connectivity index (χ1n) is 3.49. The highest BCUT2D eigenvalue weighted by molar-refractivity contribution is 5.69. The molecule has 0 heterocycles. The monoisotopic (exact) mass is 158 g/mol. The van der Waals surface area contributed by atoms with Crippen LogP contribution in [0.5, 0.6) is 0 Å². The minimum absolute atomic E-state index is 0.186. The lowest BCUT2D eigenvalue weighted by molar-refractivity contribution is -0.140. The molecule has 11 heavy (non-hydrogen) atoms. The first kappa shape index (κ1) is 10.0. The van der Waals surface area contributed by atoms with Gasteiger partial charge in [0, 0.05) is 12.8 Å². The molecule has 64 valence electrons. The van der Waals surface area contributed by atoms with Gasteiger partial charge in [0.15, 0.2) is 0 Å². The molecule has 0 aliphatic carbocycles. The minimum atomic E-state index is -0.186. The first-order valence-corrected chi connectivity index (χ1v) is 3.49. The summed E-state index contributed by atoms with van der Waals surface area (Å²) in [5.74, 6) is 0.516. The minimum Gasteiger partial charge on any atom is -0.502 e. The highest BCUT2D eigenvalue weighted by Gasteiger charge is 2.00. The van der Waals surface area contributed by atoms with Gasteiger partial charge in [-0.2, -0.15) is 0 Å². The van der Waals surface area contributed by atoms with Gasteiger partial charge in [-0.25, -0.2) is 0 Å². The maximum atomic E-state index is 10.6. The summed E-state index contributed by atoms with van der Waals surface area (Å²) >= 11 is 0. The molecular formula is C8H14O3. The maximum Gasteiger partial charge on any atom is 0.305 e. The van der Waals surface area contributed by atoms with Crippen molar-refractivity contribution in [3.05, 3.63) is 12.3 Å². The smallest absolute Gasteiger partial charge is 0.305 e. The van der Waals surface area contributed by atoms with E-state index in [4.69, 9.17) is 4.74 Å². The van der Waals surface area contributed by atoms with Crippen molar-refractivity contribution in [3.63, 3.8) is 0 Å². The Morgan fingerprint density at radius 2 is 1.91 bits per heavy atom. The van der Waals surface area contributed by atoms with Crippen LogP contribution in [-0.2, 0) is 14.3 Å². The molecule has 0 aromatic carbocycles. The van der Waals surface area contributed by atoms with Crippen LogP contribution in [-0.4, -0.2) is 20.2 Å². The first-order chi connectivity index (χ1) is 5.20. The van der Waals surface area contributed by atoms with Crippen molar-refractivity contribution < 1.29 is 14.3 Å². The summed E-state index contributed by atoms with van der Waals surface area (Å²) in [6.45, 7) is 3.62. The van der Waals surface area contributed by atoms with E-state index in [9.17, 15) is 4.79 Å². The fraction of sp³-hybridized carbons (Fsp3) is 0.625. The lowest BCUT2D eigenvalue weighted by Crippen LogP contribution is -1.99. The number of carbonyl (C=O) groups is 1. The number of hydrogen-bond acceptors (Lipinski definition) is 3. The van der Waals surface area contributed by atoms with E-state index in [0.29, 0.717) is 18.6 Å². The Bertz CT molecular complexity index is 124. The summed E-state index contributed by atoms with van der Waals surface area (Å²) in [4.78, 5) is 10.6. The predicted octanol–water partition coefficient (Wildman–Crippen LogP) is 1.49. The summed E-state index contributed by atoms with van der Waals surface area (Å²) in [5.41, 5.74) is 0. The van der Waals surface area contributed by atoms with E-state index in [1.54, 1.807) is 7.11 Å². The molecule has 0 saturated carbocycles. The quantitative estimate of drug-likeness (QED) is 0.449. The number of esters is 1. The van der Waals surface area contributed by atoms with E-state index < -0.39 is 0 Å². The maximum absolute atomic E-state index is 10.6. The Hall–Kier alpha value is -0.990. The molecule has 3 heteroatoms. The van der Waals surface area contributed by atoms with Crippen molar-refractivity contribution in [2.75, 3.05) is 14.2 Å². The molecule has 0 aliphatic rings. The van der Waals surface area contributed by atoms with Crippen LogP contribution >= 0.6 is 0 Å². The zero-order valence-electron chi connectivity index (χ0n) is 7.05. The number of hydrogen-bond donors (Lipinski definition) is 0. The van der Waals surface area contributed by atoms with Gasteiger partial charge in [-0.15, -0.1) is 0 Å². The molecule has 0 spiro atoms. The molecule has 0 amide bonds. The van der Waals surface area contributed by atoms with Gasteiger partial charge < -0.3 is 9.47 Å². The summed E-state index contributed by atoms with van der Waals surface area (Å²) in [6.07, 6.45) is 1.88. The van der Waals surface area contributed by atoms with E-state index in [1.165, 1.54) is 7.11 Å². The molecule has 0 unspecified atom stereocenters. The van der Waals surface area contributed by atoms with Crippen molar-refractivity contribution in [1.82, 2.24) is 0 Å². The second-order valence-corrected chi connectivity index (χ2v) is 2.17. The van der Waals surface area contributed by atoms with Gasteiger partial charge in [-0.05, 0) is 6.42 Å². The third-order valence-corrected chi connectivity index (χ3v) is 1.35. The van der Waals surface area contributed by atoms with E-state index in [0.717, 1.165) is 6.42 Å². The summed E-state index contributed by atoms with van der Waals surface area (Å²) in [6, 6.07) is 0. The average Bonchev–Trinajstić information content (AvgIpc) is 2.04. The zero-order valence-corrected chi connectivity index (χ0v) is 7.05. The Balaban J connectivity index is 3.27. The standard InChI is InChI=1S/C8H14O3/c1-7(10-2)5-4-6-8(9)11-3/h1,4-6H2,2-3H3. The van der Waals surface area contributed by atoms with Crippen LogP contribution in [0.1, 0.15) is 19.3 Å². The largest absolute Gasteiger partial charge is 0.502 e. The van der Waals surface area contributed by atoms with Crippen LogP contribution in [0.4, 0.5) is 0 Å². The predicted molar refractivity (Wildman–Crippen MR) is 42.0 cm³/mol. The molecule has 0 aromatic rings. The second-order valence-electron chi connectivity index (χ2n) is 2.17. The van der Waals surface area contributed by atoms with Crippen molar-refractivity contribution in [2.24, 2.45) is 0 Å². The molecule has 0 aromatic heterocycles. The highest BCUT2D eigenvalue weighted by atomic mass is 16.5. The van der Waals surface area contributed by atoms with E-state index in [1.807, 2.05) is 0 Å². The fourth-order valence-corrected chi connectivity index (χ4v) is 0.634. The highest BCUT2D eigenvalue weighted by Crippen LogP contribution is 2.05. The molecule has 3 nitrogen and oxygen atoms in total. The lowest BCUT2D eigenvalue weighted by Gasteiger charge is -2.02. The van der Waals surface area contributed by atoms with E-state index in [2.05, 4.69) is 11.3 Å². The fourth-order valence-electron chi connectivity index (χ4n) is 0.634. The molecule has 0 atom stereocenters. The number of carbonyl (C=O) groups excluding carboxylic acids is 1. The van der Waals surface area contributed by atoms with Crippen LogP contribution in [0.3, 0.4) is 0 Å². The van der Waals surface area contributed by atoms with Gasteiger partial charge in [0.25, 0.3) is 0 Å². The van der Waals surface area contributed by atoms with Crippen LogP contribution in [0.15, 0.2) is 12.3 Å². The van der Waals surface area contributed by atoms with Gasteiger partial charge in [-0.3, -0.25) is 4.79 Å². The molecule has 0 rings (SSSR count). The van der Waals surface area contributed by atoms with Crippen molar-refractivity contribution in [2.45, 2.75) is 19.3 Å². The van der Waals surface area contributed by atoms with Crippen LogP contribution in [0, 0.1) is 0 Å². The van der Waals surface area contributed by atoms with Crippen molar-refractivity contribution in [3.8, 4) is 0 Å². The third kappa shape index (κ3) is 5.45. The van der Waals surface area contributed by atoms with E-state index >= 15 is 0 Å². The molecule has 0 fully saturated rings. The molecule has 0 radical (unpaired) electrons. The topological polar surface area (TPSA) is 35.5 Å². The van der Waals surface area contributed by atoms with Crippen LogP contribution in [0.2, 0.25) is 0 Å². The van der Waals surface area contributed by atoms with Crippen molar-refractivity contribution >= 4 is 5.97 Å². The summed E-state index contributed by atoms with van der Waals surface area (Å²) < 4.78 is 9.28. The van der Waals surface area contributed by atoms with Crippen molar-refractivity contribution in [1.29, 1.82) is 0 Å². The molecule has 0 N–H and O–H groups in total. The van der Waals surface area contributed by atoms with E-state index in [-0.39, 0.29) is 5.97 Å². The number of rotatable bonds is 5. The van der Waals surface area contributed by atoms with Gasteiger partial charge in [0.1, 0.15) is 0 Å². The molecule has 0 bridgehead atoms. The molecular weight excluding hydrogens is 144 g/mol. The number of allylic oxidation sites excluding steroid dienone is 1. The number of ether oxygens (including phenoxy) is 2. The average molecular weight is 158 g/mol. The Morgan fingerprint density at radius 3 is 2.36 bits per heavy atom. The molecule has 0 saturated heterocycles. The van der Waals surface area contributed by atoms with Gasteiger partial charge in [0.05, 0.1) is 20.0 Å². The Kier molecular flexibility index (Phi) is 5.25. The SMILES string of the molecule is C=C(CCCC(=O)OC)OC. The Morgan fingerprint density at radius 1 is 1.27 bits per heavy atom. The number of methoxy groups -OCH3 is 2. The van der Waals surface area contributed by atoms with Gasteiger partial charge in [0.2, 0.25) is 0 Å². The summed E-state index contributed by atoms with van der Waals surface area (Å²) in [7, 11) is 2.95. The Labute approximate surface area is 67.0 Å². The second kappa shape index (κ2) is 5.77. The van der Waals surface area contributed by atoms with Gasteiger partial charge >= 0.3 is 5.97 Å². The van der Waals surface area contributed by atoms with Crippen LogP contribution < -0.4 is 0 Å². The summed E-state index contributed by atoms with van der Waals surface area (Å²) in [5, 5.41) is 0.